The van der Waals surface area contributed by atoms with Crippen LogP contribution in [-0.4, -0.2) is 29.3 Å². The Labute approximate surface area is 155 Å². The Kier molecular flexibility index (Phi) is 5.12. The minimum atomic E-state index is -0.630. The van der Waals surface area contributed by atoms with Crippen LogP contribution >= 0.6 is 0 Å². The number of pyridine rings is 1. The van der Waals surface area contributed by atoms with Gasteiger partial charge in [0.1, 0.15) is 5.75 Å². The quantitative estimate of drug-likeness (QED) is 0.532. The number of carbonyl (C=O) groups is 3. The Balaban J connectivity index is 1.69. The van der Waals surface area contributed by atoms with Crippen molar-refractivity contribution in [2.45, 2.75) is 6.92 Å². The van der Waals surface area contributed by atoms with Crippen molar-refractivity contribution in [2.75, 3.05) is 6.54 Å². The molecule has 1 aromatic heterocycles. The summed E-state index contributed by atoms with van der Waals surface area (Å²) < 4.78 is 5.34. The van der Waals surface area contributed by atoms with E-state index in [0.29, 0.717) is 16.9 Å². The second-order valence-corrected chi connectivity index (χ2v) is 5.92. The third-order valence-electron chi connectivity index (χ3n) is 3.81. The third-order valence-corrected chi connectivity index (χ3v) is 3.81. The number of hydrogen-bond acceptors (Lipinski definition) is 5. The molecule has 2 aromatic carbocycles. The maximum atomic E-state index is 12.3. The minimum Gasteiger partial charge on any atom is -0.423 e. The highest BCUT2D eigenvalue weighted by Gasteiger charge is 2.11. The van der Waals surface area contributed by atoms with E-state index < -0.39 is 17.8 Å². The van der Waals surface area contributed by atoms with Crippen molar-refractivity contribution < 1.29 is 19.1 Å². The van der Waals surface area contributed by atoms with Gasteiger partial charge in [0.25, 0.3) is 5.91 Å². The molecule has 0 unspecified atom stereocenters. The summed E-state index contributed by atoms with van der Waals surface area (Å²) in [5.74, 6) is -1.28. The van der Waals surface area contributed by atoms with Gasteiger partial charge in [-0.1, -0.05) is 6.07 Å². The molecular formula is C20H17N3O4. The first-order chi connectivity index (χ1) is 12.9. The van der Waals surface area contributed by atoms with E-state index in [0.717, 1.165) is 16.6 Å². The summed E-state index contributed by atoms with van der Waals surface area (Å²) in [6, 6.07) is 14.9. The van der Waals surface area contributed by atoms with Crippen LogP contribution in [0.15, 0.2) is 54.6 Å². The molecule has 3 aromatic rings. The number of rotatable bonds is 5. The Morgan fingerprint density at radius 3 is 2.41 bits per heavy atom. The van der Waals surface area contributed by atoms with E-state index in [4.69, 9.17) is 10.5 Å². The number of hydrogen-bond donors (Lipinski definition) is 2. The summed E-state index contributed by atoms with van der Waals surface area (Å²) >= 11 is 0. The normalized spacial score (nSPS) is 10.4. The molecule has 0 aliphatic rings. The van der Waals surface area contributed by atoms with E-state index in [1.54, 1.807) is 18.2 Å². The van der Waals surface area contributed by atoms with Crippen molar-refractivity contribution in [1.82, 2.24) is 10.3 Å². The van der Waals surface area contributed by atoms with E-state index in [2.05, 4.69) is 10.3 Å². The number of amides is 2. The van der Waals surface area contributed by atoms with Gasteiger partial charge >= 0.3 is 5.97 Å². The molecule has 1 heterocycles. The van der Waals surface area contributed by atoms with Crippen LogP contribution in [-0.2, 0) is 4.79 Å². The molecular weight excluding hydrogens is 346 g/mol. The maximum Gasteiger partial charge on any atom is 0.343 e. The van der Waals surface area contributed by atoms with Gasteiger partial charge in [-0.25, -0.2) is 4.79 Å². The van der Waals surface area contributed by atoms with Crippen LogP contribution in [0.3, 0.4) is 0 Å². The molecule has 3 rings (SSSR count). The number of aromatic nitrogens is 1. The second-order valence-electron chi connectivity index (χ2n) is 5.92. The number of carbonyl (C=O) groups excluding carboxylic acids is 3. The largest absolute Gasteiger partial charge is 0.423 e. The number of benzene rings is 2. The fraction of sp³-hybridized carbons (Fsp3) is 0.100. The topological polar surface area (TPSA) is 111 Å². The highest BCUT2D eigenvalue weighted by molar-refractivity contribution is 5.97. The summed E-state index contributed by atoms with van der Waals surface area (Å²) in [5, 5.41) is 3.22. The third kappa shape index (κ3) is 4.46. The lowest BCUT2D eigenvalue weighted by atomic mass is 10.1. The maximum absolute atomic E-state index is 12.3. The average molecular weight is 363 g/mol. The van der Waals surface area contributed by atoms with Gasteiger partial charge in [0.2, 0.25) is 5.91 Å². The van der Waals surface area contributed by atoms with Crippen molar-refractivity contribution in [3.63, 3.8) is 0 Å². The van der Waals surface area contributed by atoms with Crippen LogP contribution in [0.5, 0.6) is 5.75 Å². The first-order valence-corrected chi connectivity index (χ1v) is 8.18. The molecule has 0 saturated carbocycles. The number of esters is 1. The van der Waals surface area contributed by atoms with Crippen molar-refractivity contribution in [1.29, 1.82) is 0 Å². The molecule has 0 aliphatic heterocycles. The van der Waals surface area contributed by atoms with Crippen molar-refractivity contribution in [2.24, 2.45) is 5.73 Å². The zero-order valence-electron chi connectivity index (χ0n) is 14.6. The Morgan fingerprint density at radius 2 is 1.70 bits per heavy atom. The van der Waals surface area contributed by atoms with Gasteiger partial charge < -0.3 is 15.8 Å². The number of nitrogens with one attached hydrogen (secondary N) is 1. The fourth-order valence-corrected chi connectivity index (χ4v) is 2.46. The SMILES string of the molecule is Cc1ccc2cc(C(=O)Oc3ccc(C(=O)NCC(N)=O)cc3)ccc2n1. The lowest BCUT2D eigenvalue weighted by Crippen LogP contribution is -2.33. The zero-order chi connectivity index (χ0) is 19.4. The van der Waals surface area contributed by atoms with Gasteiger partial charge in [0.05, 0.1) is 17.6 Å². The molecule has 0 saturated heterocycles. The number of nitrogens with two attached hydrogens (primary N) is 1. The lowest BCUT2D eigenvalue weighted by molar-refractivity contribution is -0.117. The first kappa shape index (κ1) is 18.1. The van der Waals surface area contributed by atoms with Crippen molar-refractivity contribution >= 4 is 28.7 Å². The minimum absolute atomic E-state index is 0.244. The number of aryl methyl sites for hydroxylation is 1. The summed E-state index contributed by atoms with van der Waals surface area (Å²) in [4.78, 5) is 39.3. The molecule has 2 amide bonds. The van der Waals surface area contributed by atoms with Gasteiger partial charge in [-0.2, -0.15) is 0 Å². The van der Waals surface area contributed by atoms with Gasteiger partial charge in [0.15, 0.2) is 0 Å². The summed E-state index contributed by atoms with van der Waals surface area (Å²) in [6.07, 6.45) is 0. The zero-order valence-corrected chi connectivity index (χ0v) is 14.6. The second kappa shape index (κ2) is 7.65. The van der Waals surface area contributed by atoms with Crippen LogP contribution in [0.4, 0.5) is 0 Å². The molecule has 0 atom stereocenters. The summed E-state index contributed by atoms with van der Waals surface area (Å²) in [7, 11) is 0. The Bertz CT molecular complexity index is 1030. The van der Waals surface area contributed by atoms with Crippen LogP contribution in [0.1, 0.15) is 26.4 Å². The molecule has 7 heteroatoms. The van der Waals surface area contributed by atoms with Gasteiger partial charge in [0, 0.05) is 16.6 Å². The predicted octanol–water partition coefficient (Wildman–Crippen LogP) is 1.98. The van der Waals surface area contributed by atoms with Crippen LogP contribution in [0.2, 0.25) is 0 Å². The molecule has 0 aliphatic carbocycles. The number of primary amides is 1. The molecule has 3 N–H and O–H groups in total. The van der Waals surface area contributed by atoms with E-state index in [1.165, 1.54) is 24.3 Å². The fourth-order valence-electron chi connectivity index (χ4n) is 2.46. The van der Waals surface area contributed by atoms with Crippen LogP contribution in [0, 0.1) is 6.92 Å². The molecule has 7 nitrogen and oxygen atoms in total. The van der Waals surface area contributed by atoms with Crippen LogP contribution in [0.25, 0.3) is 10.9 Å². The van der Waals surface area contributed by atoms with Gasteiger partial charge in [-0.05, 0) is 55.5 Å². The molecule has 0 fully saturated rings. The van der Waals surface area contributed by atoms with Gasteiger partial charge in [-0.15, -0.1) is 0 Å². The number of ether oxygens (including phenoxy) is 1. The smallest absolute Gasteiger partial charge is 0.343 e. The Hall–Kier alpha value is -3.74. The average Bonchev–Trinajstić information content (AvgIpc) is 2.66. The van der Waals surface area contributed by atoms with E-state index in [1.807, 2.05) is 19.1 Å². The standard InChI is InChI=1S/C20H17N3O4/c1-12-2-3-14-10-15(6-9-17(14)23-12)20(26)27-16-7-4-13(5-8-16)19(25)22-11-18(21)24/h2-10H,11H2,1H3,(H2,21,24)(H,22,25). The van der Waals surface area contributed by atoms with E-state index in [9.17, 15) is 14.4 Å². The lowest BCUT2D eigenvalue weighted by Gasteiger charge is -2.07. The number of fused-ring (bicyclic) bond motifs is 1. The summed E-state index contributed by atoms with van der Waals surface area (Å²) in [5.41, 5.74) is 7.41. The van der Waals surface area contributed by atoms with Crippen molar-refractivity contribution in [3.05, 3.63) is 71.4 Å². The molecule has 27 heavy (non-hydrogen) atoms. The van der Waals surface area contributed by atoms with Crippen LogP contribution < -0.4 is 15.8 Å². The first-order valence-electron chi connectivity index (χ1n) is 8.18. The summed E-state index contributed by atoms with van der Waals surface area (Å²) in [6.45, 7) is 1.66. The molecule has 0 radical (unpaired) electrons. The van der Waals surface area contributed by atoms with Crippen molar-refractivity contribution in [3.8, 4) is 5.75 Å². The van der Waals surface area contributed by atoms with E-state index in [-0.39, 0.29) is 6.54 Å². The van der Waals surface area contributed by atoms with E-state index >= 15 is 0 Å². The highest BCUT2D eigenvalue weighted by atomic mass is 16.5. The molecule has 136 valence electrons. The Morgan fingerprint density at radius 1 is 1.00 bits per heavy atom. The predicted molar refractivity (Wildman–Crippen MR) is 99.4 cm³/mol. The highest BCUT2D eigenvalue weighted by Crippen LogP contribution is 2.18. The molecule has 0 spiro atoms. The number of nitrogens with zero attached hydrogens (tertiary/aromatic N) is 1. The molecule has 0 bridgehead atoms. The monoisotopic (exact) mass is 363 g/mol. The van der Waals surface area contributed by atoms with Gasteiger partial charge in [-0.3, -0.25) is 14.6 Å².